The van der Waals surface area contributed by atoms with E-state index >= 15 is 0 Å². The van der Waals surface area contributed by atoms with E-state index in [1.807, 2.05) is 12.3 Å². The molecule has 22 heavy (non-hydrogen) atoms. The number of hydrogen-bond donors (Lipinski definition) is 1. The van der Waals surface area contributed by atoms with Gasteiger partial charge in [-0.25, -0.2) is 12.7 Å². The van der Waals surface area contributed by atoms with E-state index in [0.29, 0.717) is 25.0 Å². The zero-order valence-electron chi connectivity index (χ0n) is 13.7. The summed E-state index contributed by atoms with van der Waals surface area (Å²) in [5, 5.41) is 3.24. The summed E-state index contributed by atoms with van der Waals surface area (Å²) in [5.74, 6) is 0.360. The first kappa shape index (κ1) is 17.4. The van der Waals surface area contributed by atoms with Crippen molar-refractivity contribution >= 4 is 10.0 Å². The topological polar surface area (TPSA) is 62.3 Å². The second kappa shape index (κ2) is 7.53. The molecule has 1 N–H and O–H groups in total. The molecule has 2 atom stereocenters. The van der Waals surface area contributed by atoms with Gasteiger partial charge in [0.2, 0.25) is 10.0 Å². The van der Waals surface area contributed by atoms with E-state index < -0.39 is 10.0 Å². The number of nitrogens with zero attached hydrogens (tertiary/aromatic N) is 2. The fourth-order valence-corrected chi connectivity index (χ4v) is 4.32. The Morgan fingerprint density at radius 3 is 2.82 bits per heavy atom. The van der Waals surface area contributed by atoms with Crippen molar-refractivity contribution in [2.45, 2.75) is 51.4 Å². The highest BCUT2D eigenvalue weighted by Crippen LogP contribution is 2.24. The monoisotopic (exact) mass is 325 g/mol. The third-order valence-electron chi connectivity index (χ3n) is 4.47. The highest BCUT2D eigenvalue weighted by molar-refractivity contribution is 7.89. The molecule has 1 fully saturated rings. The van der Waals surface area contributed by atoms with E-state index in [1.54, 1.807) is 24.3 Å². The molecule has 0 aromatic carbocycles. The van der Waals surface area contributed by atoms with Crippen LogP contribution >= 0.6 is 0 Å². The Kier molecular flexibility index (Phi) is 5.94. The van der Waals surface area contributed by atoms with Crippen LogP contribution in [0.3, 0.4) is 0 Å². The summed E-state index contributed by atoms with van der Waals surface area (Å²) >= 11 is 0. The Morgan fingerprint density at radius 1 is 1.45 bits per heavy atom. The summed E-state index contributed by atoms with van der Waals surface area (Å²) < 4.78 is 26.3. The number of hydrogen-bond acceptors (Lipinski definition) is 4. The smallest absolute Gasteiger partial charge is 0.216 e. The van der Waals surface area contributed by atoms with Crippen LogP contribution in [-0.2, 0) is 16.6 Å². The van der Waals surface area contributed by atoms with E-state index in [0.717, 1.165) is 24.9 Å². The average molecular weight is 325 g/mol. The Morgan fingerprint density at radius 2 is 2.23 bits per heavy atom. The van der Waals surface area contributed by atoms with Gasteiger partial charge in [-0.15, -0.1) is 0 Å². The van der Waals surface area contributed by atoms with Crippen molar-refractivity contribution in [1.82, 2.24) is 14.6 Å². The van der Waals surface area contributed by atoms with Crippen LogP contribution in [0.5, 0.6) is 0 Å². The molecule has 5 nitrogen and oxygen atoms in total. The number of piperidine rings is 1. The SMILES string of the molecule is CCC1CN(S(=O)(=O)C(C)C)CCC1NCc1cccnc1. The van der Waals surface area contributed by atoms with Crippen LogP contribution in [0, 0.1) is 5.92 Å². The van der Waals surface area contributed by atoms with Gasteiger partial charge in [0.1, 0.15) is 0 Å². The lowest BCUT2D eigenvalue weighted by atomic mass is 9.91. The maximum absolute atomic E-state index is 12.3. The van der Waals surface area contributed by atoms with Crippen LogP contribution < -0.4 is 5.32 Å². The van der Waals surface area contributed by atoms with Gasteiger partial charge >= 0.3 is 0 Å². The van der Waals surface area contributed by atoms with Crippen molar-refractivity contribution in [3.63, 3.8) is 0 Å². The van der Waals surface area contributed by atoms with E-state index in [-0.39, 0.29) is 5.25 Å². The molecule has 0 bridgehead atoms. The van der Waals surface area contributed by atoms with Crippen LogP contribution in [0.1, 0.15) is 39.2 Å². The van der Waals surface area contributed by atoms with E-state index in [4.69, 9.17) is 0 Å². The Labute approximate surface area is 134 Å². The van der Waals surface area contributed by atoms with Crippen molar-refractivity contribution in [2.75, 3.05) is 13.1 Å². The van der Waals surface area contributed by atoms with E-state index in [1.165, 1.54) is 0 Å². The average Bonchev–Trinajstić information content (AvgIpc) is 2.53. The fraction of sp³-hybridized carbons (Fsp3) is 0.688. The molecular weight excluding hydrogens is 298 g/mol. The molecule has 1 aliphatic rings. The summed E-state index contributed by atoms with van der Waals surface area (Å²) in [6.45, 7) is 7.66. The lowest BCUT2D eigenvalue weighted by molar-refractivity contribution is 0.200. The highest BCUT2D eigenvalue weighted by atomic mass is 32.2. The molecule has 2 heterocycles. The van der Waals surface area contributed by atoms with Crippen LogP contribution in [0.15, 0.2) is 24.5 Å². The van der Waals surface area contributed by atoms with E-state index in [9.17, 15) is 8.42 Å². The second-order valence-electron chi connectivity index (χ2n) is 6.26. The molecule has 1 aliphatic heterocycles. The lowest BCUT2D eigenvalue weighted by Crippen LogP contribution is -2.51. The highest BCUT2D eigenvalue weighted by Gasteiger charge is 2.34. The minimum Gasteiger partial charge on any atom is -0.309 e. The van der Waals surface area contributed by atoms with Gasteiger partial charge in [0.05, 0.1) is 5.25 Å². The zero-order chi connectivity index (χ0) is 16.2. The largest absolute Gasteiger partial charge is 0.309 e. The molecule has 0 aliphatic carbocycles. The molecule has 124 valence electrons. The maximum atomic E-state index is 12.3. The first-order valence-electron chi connectivity index (χ1n) is 8.06. The summed E-state index contributed by atoms with van der Waals surface area (Å²) in [4.78, 5) is 4.12. The summed E-state index contributed by atoms with van der Waals surface area (Å²) in [6, 6.07) is 4.36. The van der Waals surface area contributed by atoms with Gasteiger partial charge in [-0.05, 0) is 37.8 Å². The zero-order valence-corrected chi connectivity index (χ0v) is 14.5. The molecule has 1 aromatic rings. The van der Waals surface area contributed by atoms with Gasteiger partial charge in [0.15, 0.2) is 0 Å². The van der Waals surface area contributed by atoms with Crippen LogP contribution in [0.4, 0.5) is 0 Å². The van der Waals surface area contributed by atoms with Crippen molar-refractivity contribution in [1.29, 1.82) is 0 Å². The molecule has 1 aromatic heterocycles. The van der Waals surface area contributed by atoms with Gasteiger partial charge < -0.3 is 5.32 Å². The molecule has 0 radical (unpaired) electrons. The van der Waals surface area contributed by atoms with Crippen molar-refractivity contribution < 1.29 is 8.42 Å². The van der Waals surface area contributed by atoms with Gasteiger partial charge in [-0.2, -0.15) is 0 Å². The fourth-order valence-electron chi connectivity index (χ4n) is 2.96. The third kappa shape index (κ3) is 4.06. The quantitative estimate of drug-likeness (QED) is 0.869. The standard InChI is InChI=1S/C16H27N3O2S/c1-4-15-12-19(22(20,21)13(2)3)9-7-16(15)18-11-14-6-5-8-17-10-14/h5-6,8,10,13,15-16,18H,4,7,9,11-12H2,1-3H3. The predicted octanol–water partition coefficient (Wildman–Crippen LogP) is 2.01. The minimum atomic E-state index is -3.14. The molecule has 1 saturated heterocycles. The van der Waals surface area contributed by atoms with Crippen molar-refractivity contribution in [2.24, 2.45) is 5.92 Å². The minimum absolute atomic E-state index is 0.343. The van der Waals surface area contributed by atoms with Crippen molar-refractivity contribution in [3.8, 4) is 0 Å². The van der Waals surface area contributed by atoms with Crippen LogP contribution in [-0.4, -0.2) is 42.1 Å². The Bertz CT molecular complexity index is 560. The molecule has 0 amide bonds. The van der Waals surface area contributed by atoms with Gasteiger partial charge in [0.25, 0.3) is 0 Å². The van der Waals surface area contributed by atoms with Gasteiger partial charge in [0, 0.05) is 38.1 Å². The normalized spacial score (nSPS) is 23.8. The number of nitrogens with one attached hydrogen (secondary N) is 1. The Balaban J connectivity index is 1.96. The molecule has 0 spiro atoms. The number of aromatic nitrogens is 1. The molecule has 6 heteroatoms. The first-order chi connectivity index (χ1) is 10.4. The van der Waals surface area contributed by atoms with Gasteiger partial charge in [-0.3, -0.25) is 4.98 Å². The van der Waals surface area contributed by atoms with E-state index in [2.05, 4.69) is 23.3 Å². The molecular formula is C16H27N3O2S. The maximum Gasteiger partial charge on any atom is 0.216 e. The predicted molar refractivity (Wildman–Crippen MR) is 88.9 cm³/mol. The van der Waals surface area contributed by atoms with Crippen LogP contribution in [0.2, 0.25) is 0 Å². The summed E-state index contributed by atoms with van der Waals surface area (Å²) in [7, 11) is -3.14. The third-order valence-corrected chi connectivity index (χ3v) is 6.71. The number of rotatable bonds is 6. The number of sulfonamides is 1. The van der Waals surface area contributed by atoms with Crippen molar-refractivity contribution in [3.05, 3.63) is 30.1 Å². The van der Waals surface area contributed by atoms with Gasteiger partial charge in [-0.1, -0.05) is 19.4 Å². The van der Waals surface area contributed by atoms with Crippen LogP contribution in [0.25, 0.3) is 0 Å². The molecule has 2 unspecified atom stereocenters. The Hall–Kier alpha value is -0.980. The summed E-state index contributed by atoms with van der Waals surface area (Å²) in [5.41, 5.74) is 1.16. The first-order valence-corrected chi connectivity index (χ1v) is 9.56. The molecule has 0 saturated carbocycles. The lowest BCUT2D eigenvalue weighted by Gasteiger charge is -2.38. The number of pyridine rings is 1. The molecule has 2 rings (SSSR count). The second-order valence-corrected chi connectivity index (χ2v) is 8.75. The summed E-state index contributed by atoms with van der Waals surface area (Å²) in [6.07, 6.45) is 5.49.